The van der Waals surface area contributed by atoms with Gasteiger partial charge in [-0.05, 0) is 66.1 Å². The minimum Gasteiger partial charge on any atom is -0.320 e. The standard InChI is InChI=1S/C26H33N3O/c1-20(2)11-15-28-16-12-23(13-17-28)22-7-9-25(10-8-22)27-26(30)29-18-14-21-5-3-4-6-24(21)19-29/h3-10,12,20H,11,13-19H2,1-2H3,(H,27,30). The van der Waals surface area contributed by atoms with Gasteiger partial charge in [0.25, 0.3) is 0 Å². The van der Waals surface area contributed by atoms with Gasteiger partial charge in [-0.25, -0.2) is 4.79 Å². The minimum atomic E-state index is -0.0186. The third kappa shape index (κ3) is 5.11. The van der Waals surface area contributed by atoms with Crippen LogP contribution in [0.5, 0.6) is 0 Å². The van der Waals surface area contributed by atoms with Gasteiger partial charge >= 0.3 is 6.03 Å². The van der Waals surface area contributed by atoms with Crippen molar-refractivity contribution in [3.8, 4) is 0 Å². The van der Waals surface area contributed by atoms with Crippen molar-refractivity contribution in [3.63, 3.8) is 0 Å². The molecule has 2 aromatic rings. The Morgan fingerprint density at radius 1 is 1.00 bits per heavy atom. The Kier molecular flexibility index (Phi) is 6.53. The lowest BCUT2D eigenvalue weighted by atomic mass is 9.98. The number of fused-ring (bicyclic) bond motifs is 1. The first-order chi connectivity index (χ1) is 14.6. The summed E-state index contributed by atoms with van der Waals surface area (Å²) in [4.78, 5) is 17.1. The highest BCUT2D eigenvalue weighted by atomic mass is 16.2. The molecule has 0 aliphatic carbocycles. The summed E-state index contributed by atoms with van der Waals surface area (Å²) in [5, 5.41) is 3.07. The number of urea groups is 1. The number of carbonyl (C=O) groups is 1. The molecule has 0 spiro atoms. The molecule has 2 heterocycles. The number of rotatable bonds is 5. The largest absolute Gasteiger partial charge is 0.322 e. The van der Waals surface area contributed by atoms with E-state index >= 15 is 0 Å². The molecule has 0 aromatic heterocycles. The summed E-state index contributed by atoms with van der Waals surface area (Å²) in [7, 11) is 0. The predicted octanol–water partition coefficient (Wildman–Crippen LogP) is 5.41. The molecule has 2 aromatic carbocycles. The fourth-order valence-electron chi connectivity index (χ4n) is 4.26. The monoisotopic (exact) mass is 403 g/mol. The lowest BCUT2D eigenvalue weighted by Crippen LogP contribution is -2.38. The summed E-state index contributed by atoms with van der Waals surface area (Å²) in [6, 6.07) is 16.7. The first-order valence-corrected chi connectivity index (χ1v) is 11.2. The Morgan fingerprint density at radius 3 is 2.47 bits per heavy atom. The third-order valence-electron chi connectivity index (χ3n) is 6.24. The van der Waals surface area contributed by atoms with Gasteiger partial charge in [0.1, 0.15) is 0 Å². The molecule has 4 heteroatoms. The number of anilines is 1. The van der Waals surface area contributed by atoms with Crippen molar-refractivity contribution in [2.75, 3.05) is 31.5 Å². The molecule has 4 rings (SSSR count). The Hall–Kier alpha value is -2.59. The topological polar surface area (TPSA) is 35.6 Å². The van der Waals surface area contributed by atoms with Crippen LogP contribution in [0.2, 0.25) is 0 Å². The predicted molar refractivity (Wildman–Crippen MR) is 125 cm³/mol. The van der Waals surface area contributed by atoms with Gasteiger partial charge in [0.15, 0.2) is 0 Å². The van der Waals surface area contributed by atoms with E-state index in [4.69, 9.17) is 0 Å². The van der Waals surface area contributed by atoms with Crippen molar-refractivity contribution in [3.05, 3.63) is 71.3 Å². The molecule has 2 aliphatic rings. The van der Waals surface area contributed by atoms with Gasteiger partial charge in [0.05, 0.1) is 0 Å². The summed E-state index contributed by atoms with van der Waals surface area (Å²) < 4.78 is 0. The van der Waals surface area contributed by atoms with Crippen LogP contribution in [0.1, 0.15) is 43.4 Å². The minimum absolute atomic E-state index is 0.0186. The fourth-order valence-corrected chi connectivity index (χ4v) is 4.26. The first kappa shape index (κ1) is 20.7. The molecule has 0 saturated heterocycles. The van der Waals surface area contributed by atoms with Crippen molar-refractivity contribution >= 4 is 17.3 Å². The summed E-state index contributed by atoms with van der Waals surface area (Å²) in [6.07, 6.45) is 5.64. The zero-order valence-corrected chi connectivity index (χ0v) is 18.2. The zero-order chi connectivity index (χ0) is 20.9. The summed E-state index contributed by atoms with van der Waals surface area (Å²) in [6.45, 7) is 9.38. The maximum absolute atomic E-state index is 12.7. The maximum atomic E-state index is 12.7. The molecule has 2 aliphatic heterocycles. The average Bonchev–Trinajstić information content (AvgIpc) is 2.78. The number of carbonyl (C=O) groups excluding carboxylic acids is 1. The molecule has 0 saturated carbocycles. The van der Waals surface area contributed by atoms with E-state index in [-0.39, 0.29) is 6.03 Å². The van der Waals surface area contributed by atoms with E-state index in [1.165, 1.54) is 35.2 Å². The zero-order valence-electron chi connectivity index (χ0n) is 18.2. The number of hydrogen-bond donors (Lipinski definition) is 1. The quantitative estimate of drug-likeness (QED) is 0.724. The average molecular weight is 404 g/mol. The summed E-state index contributed by atoms with van der Waals surface area (Å²) in [5.74, 6) is 0.762. The van der Waals surface area contributed by atoms with Crippen molar-refractivity contribution in [2.24, 2.45) is 5.92 Å². The SMILES string of the molecule is CC(C)CCN1CC=C(c2ccc(NC(=O)N3CCc4ccccc4C3)cc2)CC1. The summed E-state index contributed by atoms with van der Waals surface area (Å²) in [5.41, 5.74) is 6.15. The van der Waals surface area contributed by atoms with E-state index < -0.39 is 0 Å². The van der Waals surface area contributed by atoms with E-state index in [2.05, 4.69) is 60.5 Å². The highest BCUT2D eigenvalue weighted by Crippen LogP contribution is 2.25. The highest BCUT2D eigenvalue weighted by molar-refractivity contribution is 5.89. The van der Waals surface area contributed by atoms with E-state index in [1.807, 2.05) is 23.1 Å². The lowest BCUT2D eigenvalue weighted by molar-refractivity contribution is 0.206. The Bertz CT molecular complexity index is 901. The second-order valence-electron chi connectivity index (χ2n) is 8.91. The molecule has 0 unspecified atom stereocenters. The van der Waals surface area contributed by atoms with Crippen LogP contribution in [0.15, 0.2) is 54.6 Å². The van der Waals surface area contributed by atoms with Crippen LogP contribution in [-0.4, -0.2) is 42.0 Å². The number of hydrogen-bond acceptors (Lipinski definition) is 2. The van der Waals surface area contributed by atoms with Gasteiger partial charge in [0, 0.05) is 31.9 Å². The van der Waals surface area contributed by atoms with Crippen LogP contribution >= 0.6 is 0 Å². The van der Waals surface area contributed by atoms with Gasteiger partial charge < -0.3 is 10.2 Å². The molecule has 0 bridgehead atoms. The highest BCUT2D eigenvalue weighted by Gasteiger charge is 2.20. The van der Waals surface area contributed by atoms with Gasteiger partial charge in [-0.3, -0.25) is 4.90 Å². The van der Waals surface area contributed by atoms with E-state index in [0.717, 1.165) is 44.1 Å². The Balaban J connectivity index is 1.31. The van der Waals surface area contributed by atoms with E-state index in [1.54, 1.807) is 0 Å². The van der Waals surface area contributed by atoms with Crippen molar-refractivity contribution in [2.45, 2.75) is 39.7 Å². The Labute approximate surface area is 180 Å². The molecule has 1 N–H and O–H groups in total. The lowest BCUT2D eigenvalue weighted by Gasteiger charge is -2.29. The number of nitrogens with zero attached hydrogens (tertiary/aromatic N) is 2. The smallest absolute Gasteiger partial charge is 0.320 e. The van der Waals surface area contributed by atoms with Gasteiger partial charge in [0.2, 0.25) is 0 Å². The molecular formula is C26H33N3O. The number of nitrogens with one attached hydrogen (secondary N) is 1. The molecule has 158 valence electrons. The summed E-state index contributed by atoms with van der Waals surface area (Å²) >= 11 is 0. The van der Waals surface area contributed by atoms with Crippen molar-refractivity contribution < 1.29 is 4.79 Å². The van der Waals surface area contributed by atoms with Crippen LogP contribution in [-0.2, 0) is 13.0 Å². The number of benzene rings is 2. The van der Waals surface area contributed by atoms with Gasteiger partial charge in [-0.15, -0.1) is 0 Å². The molecule has 0 radical (unpaired) electrons. The van der Waals surface area contributed by atoms with Crippen LogP contribution in [0.25, 0.3) is 5.57 Å². The second kappa shape index (κ2) is 9.48. The van der Waals surface area contributed by atoms with Crippen molar-refractivity contribution in [1.29, 1.82) is 0 Å². The van der Waals surface area contributed by atoms with Crippen molar-refractivity contribution in [1.82, 2.24) is 9.80 Å². The van der Waals surface area contributed by atoms with Crippen LogP contribution in [0.3, 0.4) is 0 Å². The maximum Gasteiger partial charge on any atom is 0.322 e. The Morgan fingerprint density at radius 2 is 1.77 bits per heavy atom. The van der Waals surface area contributed by atoms with Crippen LogP contribution in [0.4, 0.5) is 10.5 Å². The molecule has 30 heavy (non-hydrogen) atoms. The third-order valence-corrected chi connectivity index (χ3v) is 6.24. The van der Waals surface area contributed by atoms with Gasteiger partial charge in [-0.2, -0.15) is 0 Å². The molecule has 0 atom stereocenters. The molecular weight excluding hydrogens is 370 g/mol. The van der Waals surface area contributed by atoms with Crippen LogP contribution in [0, 0.1) is 5.92 Å². The van der Waals surface area contributed by atoms with Crippen LogP contribution < -0.4 is 5.32 Å². The molecule has 4 nitrogen and oxygen atoms in total. The number of amides is 2. The first-order valence-electron chi connectivity index (χ1n) is 11.2. The van der Waals surface area contributed by atoms with E-state index in [0.29, 0.717) is 6.54 Å². The normalized spacial score (nSPS) is 16.9. The fraction of sp³-hybridized carbons (Fsp3) is 0.423. The molecule has 0 fully saturated rings. The van der Waals surface area contributed by atoms with Gasteiger partial charge in [-0.1, -0.05) is 56.3 Å². The van der Waals surface area contributed by atoms with E-state index in [9.17, 15) is 4.79 Å². The second-order valence-corrected chi connectivity index (χ2v) is 8.91. The molecule has 2 amide bonds.